The molecule has 5 heteroatoms. The first kappa shape index (κ1) is 13.4. The summed E-state index contributed by atoms with van der Waals surface area (Å²) in [5.74, 6) is 1.79. The van der Waals surface area contributed by atoms with Crippen molar-refractivity contribution < 1.29 is 4.74 Å². The number of H-pyrrole nitrogens is 1. The fraction of sp³-hybridized carbons (Fsp3) is 0.250. The van der Waals surface area contributed by atoms with Crippen LogP contribution in [0.25, 0.3) is 10.9 Å². The van der Waals surface area contributed by atoms with Crippen molar-refractivity contribution in [3.8, 4) is 5.75 Å². The van der Waals surface area contributed by atoms with Gasteiger partial charge in [-0.3, -0.25) is 5.10 Å². The third-order valence-electron chi connectivity index (χ3n) is 3.54. The van der Waals surface area contributed by atoms with Crippen LogP contribution in [-0.4, -0.2) is 28.8 Å². The Morgan fingerprint density at radius 2 is 2.10 bits per heavy atom. The molecule has 0 spiro atoms. The number of fused-ring (bicyclic) bond motifs is 1. The van der Waals surface area contributed by atoms with Crippen LogP contribution in [0.3, 0.4) is 0 Å². The van der Waals surface area contributed by atoms with E-state index < -0.39 is 0 Å². The largest absolute Gasteiger partial charge is 0.496 e. The van der Waals surface area contributed by atoms with Gasteiger partial charge in [-0.2, -0.15) is 5.10 Å². The van der Waals surface area contributed by atoms with Crippen LogP contribution < -0.4 is 10.1 Å². The van der Waals surface area contributed by atoms with E-state index in [1.165, 1.54) is 5.56 Å². The highest BCUT2D eigenvalue weighted by Crippen LogP contribution is 2.23. The number of benzene rings is 1. The van der Waals surface area contributed by atoms with Gasteiger partial charge in [-0.15, -0.1) is 0 Å². The summed E-state index contributed by atoms with van der Waals surface area (Å²) in [6.07, 6.45) is 2.66. The lowest BCUT2D eigenvalue weighted by molar-refractivity contribution is 0.410. The molecule has 0 saturated carbocycles. The Labute approximate surface area is 123 Å². The number of rotatable bonds is 5. The van der Waals surface area contributed by atoms with Crippen molar-refractivity contribution in [3.63, 3.8) is 0 Å². The molecular weight excluding hydrogens is 264 g/mol. The summed E-state index contributed by atoms with van der Waals surface area (Å²) >= 11 is 0. The Hall–Kier alpha value is -2.56. The molecule has 0 atom stereocenters. The first-order valence-corrected chi connectivity index (χ1v) is 6.95. The van der Waals surface area contributed by atoms with Gasteiger partial charge in [-0.25, -0.2) is 4.98 Å². The number of aromatic nitrogens is 3. The number of nitrogens with one attached hydrogen (secondary N) is 2. The zero-order chi connectivity index (χ0) is 14.7. The number of aryl methyl sites for hydroxylation is 1. The summed E-state index contributed by atoms with van der Waals surface area (Å²) in [7, 11) is 1.70. The number of hydrogen-bond acceptors (Lipinski definition) is 4. The predicted molar refractivity (Wildman–Crippen MR) is 83.8 cm³/mol. The Morgan fingerprint density at radius 1 is 1.24 bits per heavy atom. The fourth-order valence-corrected chi connectivity index (χ4v) is 2.48. The zero-order valence-electron chi connectivity index (χ0n) is 12.2. The highest BCUT2D eigenvalue weighted by Gasteiger charge is 2.08. The second-order valence-corrected chi connectivity index (χ2v) is 4.88. The molecule has 0 bridgehead atoms. The van der Waals surface area contributed by atoms with Gasteiger partial charge in [-0.05, 0) is 31.0 Å². The average molecular weight is 282 g/mol. The average Bonchev–Trinajstić information content (AvgIpc) is 2.90. The van der Waals surface area contributed by atoms with E-state index in [0.717, 1.165) is 41.1 Å². The van der Waals surface area contributed by atoms with Crippen molar-refractivity contribution in [2.45, 2.75) is 13.3 Å². The van der Waals surface area contributed by atoms with Gasteiger partial charge in [0.05, 0.1) is 23.7 Å². The molecule has 5 nitrogen and oxygen atoms in total. The number of pyridine rings is 1. The summed E-state index contributed by atoms with van der Waals surface area (Å²) in [6.45, 7) is 2.77. The SMILES string of the molecule is COc1ccccc1CCNc1nccc2[nH]nc(C)c12. The van der Waals surface area contributed by atoms with Crippen molar-refractivity contribution in [3.05, 3.63) is 47.8 Å². The number of methoxy groups -OCH3 is 1. The summed E-state index contributed by atoms with van der Waals surface area (Å²) in [5, 5.41) is 11.7. The lowest BCUT2D eigenvalue weighted by atomic mass is 10.1. The second kappa shape index (κ2) is 5.83. The lowest BCUT2D eigenvalue weighted by Gasteiger charge is -2.10. The molecule has 0 aliphatic carbocycles. The predicted octanol–water partition coefficient (Wildman–Crippen LogP) is 2.93. The van der Waals surface area contributed by atoms with Crippen LogP contribution in [0, 0.1) is 6.92 Å². The minimum absolute atomic E-state index is 0.789. The first-order valence-electron chi connectivity index (χ1n) is 6.95. The van der Waals surface area contributed by atoms with E-state index in [4.69, 9.17) is 4.74 Å². The molecule has 2 N–H and O–H groups in total. The van der Waals surface area contributed by atoms with E-state index in [1.807, 2.05) is 31.2 Å². The van der Waals surface area contributed by atoms with E-state index in [2.05, 4.69) is 26.6 Å². The Kier molecular flexibility index (Phi) is 3.73. The van der Waals surface area contributed by atoms with Gasteiger partial charge in [0.1, 0.15) is 11.6 Å². The third-order valence-corrected chi connectivity index (χ3v) is 3.54. The monoisotopic (exact) mass is 282 g/mol. The van der Waals surface area contributed by atoms with E-state index >= 15 is 0 Å². The maximum Gasteiger partial charge on any atom is 0.137 e. The van der Waals surface area contributed by atoms with E-state index in [1.54, 1.807) is 13.3 Å². The fourth-order valence-electron chi connectivity index (χ4n) is 2.48. The highest BCUT2D eigenvalue weighted by molar-refractivity contribution is 5.91. The molecule has 0 aliphatic rings. The van der Waals surface area contributed by atoms with Gasteiger partial charge in [0, 0.05) is 12.7 Å². The van der Waals surface area contributed by atoms with Crippen LogP contribution in [0.5, 0.6) is 5.75 Å². The smallest absolute Gasteiger partial charge is 0.137 e. The van der Waals surface area contributed by atoms with Crippen molar-refractivity contribution >= 4 is 16.7 Å². The number of anilines is 1. The molecule has 0 saturated heterocycles. The van der Waals surface area contributed by atoms with Gasteiger partial charge < -0.3 is 10.1 Å². The van der Waals surface area contributed by atoms with Gasteiger partial charge in [0.15, 0.2) is 0 Å². The second-order valence-electron chi connectivity index (χ2n) is 4.88. The van der Waals surface area contributed by atoms with Crippen molar-refractivity contribution in [1.29, 1.82) is 0 Å². The summed E-state index contributed by atoms with van der Waals surface area (Å²) < 4.78 is 5.37. The quantitative estimate of drug-likeness (QED) is 0.755. The van der Waals surface area contributed by atoms with E-state index in [-0.39, 0.29) is 0 Å². The minimum atomic E-state index is 0.789. The van der Waals surface area contributed by atoms with Gasteiger partial charge in [0.25, 0.3) is 0 Å². The highest BCUT2D eigenvalue weighted by atomic mass is 16.5. The van der Waals surface area contributed by atoms with Crippen LogP contribution in [0.15, 0.2) is 36.5 Å². The molecule has 2 heterocycles. The molecular formula is C16H18N4O. The van der Waals surface area contributed by atoms with E-state index in [9.17, 15) is 0 Å². The Bertz CT molecular complexity index is 751. The molecule has 2 aromatic heterocycles. The first-order chi connectivity index (χ1) is 10.3. The standard InChI is InChI=1S/C16H18N4O/c1-11-15-13(20-19-11)8-10-18-16(15)17-9-7-12-5-3-4-6-14(12)21-2/h3-6,8,10H,7,9H2,1-2H3,(H,17,18)(H,19,20). The molecule has 0 amide bonds. The Morgan fingerprint density at radius 3 is 2.95 bits per heavy atom. The molecule has 0 aliphatic heterocycles. The molecule has 21 heavy (non-hydrogen) atoms. The van der Waals surface area contributed by atoms with Crippen molar-refractivity contribution in [2.24, 2.45) is 0 Å². The summed E-state index contributed by atoms with van der Waals surface area (Å²) in [4.78, 5) is 4.41. The van der Waals surface area contributed by atoms with E-state index in [0.29, 0.717) is 0 Å². The molecule has 0 unspecified atom stereocenters. The maximum atomic E-state index is 5.37. The van der Waals surface area contributed by atoms with Crippen LogP contribution in [-0.2, 0) is 6.42 Å². The number of hydrogen-bond donors (Lipinski definition) is 2. The van der Waals surface area contributed by atoms with Crippen LogP contribution in [0.1, 0.15) is 11.3 Å². The van der Waals surface area contributed by atoms with Gasteiger partial charge >= 0.3 is 0 Å². The molecule has 0 fully saturated rings. The topological polar surface area (TPSA) is 62.8 Å². The van der Waals surface area contributed by atoms with Crippen LogP contribution in [0.2, 0.25) is 0 Å². The summed E-state index contributed by atoms with van der Waals surface area (Å²) in [5.41, 5.74) is 3.14. The van der Waals surface area contributed by atoms with Crippen molar-refractivity contribution in [1.82, 2.24) is 15.2 Å². The zero-order valence-corrected chi connectivity index (χ0v) is 12.2. The minimum Gasteiger partial charge on any atom is -0.496 e. The summed E-state index contributed by atoms with van der Waals surface area (Å²) in [6, 6.07) is 10.00. The normalized spacial score (nSPS) is 10.8. The number of para-hydroxylation sites is 1. The molecule has 108 valence electrons. The molecule has 1 aromatic carbocycles. The van der Waals surface area contributed by atoms with Gasteiger partial charge in [-0.1, -0.05) is 18.2 Å². The maximum absolute atomic E-state index is 5.37. The number of ether oxygens (including phenoxy) is 1. The molecule has 3 aromatic rings. The molecule has 0 radical (unpaired) electrons. The van der Waals surface area contributed by atoms with Crippen LogP contribution in [0.4, 0.5) is 5.82 Å². The third kappa shape index (κ3) is 2.67. The number of nitrogens with zero attached hydrogens (tertiary/aromatic N) is 2. The van der Waals surface area contributed by atoms with Crippen molar-refractivity contribution in [2.75, 3.05) is 19.0 Å². The molecule has 3 rings (SSSR count). The van der Waals surface area contributed by atoms with Gasteiger partial charge in [0.2, 0.25) is 0 Å². The lowest BCUT2D eigenvalue weighted by Crippen LogP contribution is -2.07. The number of aromatic amines is 1. The Balaban J connectivity index is 1.74. The van der Waals surface area contributed by atoms with Crippen LogP contribution >= 0.6 is 0 Å².